The number of aliphatic hydroxyl groups excluding tert-OH is 5. The molecule has 1 rings (SSSR count). The Hall–Kier alpha value is -1.85. The fraction of sp³-hybridized carbons (Fsp3) is 0.855. The maximum Gasteiger partial charge on any atom is 0.220 e. The van der Waals surface area contributed by atoms with Gasteiger partial charge in [0.25, 0.3) is 0 Å². The molecule has 1 amide bonds. The first-order valence-corrected chi connectivity index (χ1v) is 30.3. The maximum absolute atomic E-state index is 13.1. The highest BCUT2D eigenvalue weighted by molar-refractivity contribution is 5.76. The van der Waals surface area contributed by atoms with Crippen LogP contribution in [0.2, 0.25) is 0 Å². The van der Waals surface area contributed by atoms with Gasteiger partial charge in [0.15, 0.2) is 6.29 Å². The Morgan fingerprint density at radius 1 is 0.493 bits per heavy atom. The van der Waals surface area contributed by atoms with Gasteiger partial charge >= 0.3 is 0 Å². The molecule has 6 N–H and O–H groups in total. The highest BCUT2D eigenvalue weighted by Crippen LogP contribution is 2.23. The molecule has 0 saturated carbocycles. The van der Waals surface area contributed by atoms with Crippen LogP contribution in [0.5, 0.6) is 0 Å². The summed E-state index contributed by atoms with van der Waals surface area (Å²) in [4.78, 5) is 13.1. The quantitative estimate of drug-likeness (QED) is 0.0261. The average molecular weight is 1000 g/mol. The van der Waals surface area contributed by atoms with Crippen molar-refractivity contribution in [2.24, 2.45) is 0 Å². The summed E-state index contributed by atoms with van der Waals surface area (Å²) in [5.41, 5.74) is 0. The number of hydrogen-bond acceptors (Lipinski definition) is 8. The molecular formula is C62H115NO8. The molecule has 1 fully saturated rings. The fourth-order valence-corrected chi connectivity index (χ4v) is 9.68. The molecule has 71 heavy (non-hydrogen) atoms. The Bertz CT molecular complexity index is 1250. The van der Waals surface area contributed by atoms with Gasteiger partial charge in [-0.3, -0.25) is 4.79 Å². The summed E-state index contributed by atoms with van der Waals surface area (Å²) < 4.78 is 11.3. The second-order valence-corrected chi connectivity index (χ2v) is 21.1. The average Bonchev–Trinajstić information content (AvgIpc) is 3.37. The van der Waals surface area contributed by atoms with E-state index in [9.17, 15) is 30.3 Å². The molecule has 0 radical (unpaired) electrons. The lowest BCUT2D eigenvalue weighted by Gasteiger charge is -2.40. The van der Waals surface area contributed by atoms with Crippen molar-refractivity contribution in [2.75, 3.05) is 13.2 Å². The lowest BCUT2D eigenvalue weighted by molar-refractivity contribution is -0.302. The monoisotopic (exact) mass is 1000 g/mol. The van der Waals surface area contributed by atoms with Crippen molar-refractivity contribution in [1.29, 1.82) is 0 Å². The highest BCUT2D eigenvalue weighted by Gasteiger charge is 2.44. The zero-order valence-electron chi connectivity index (χ0n) is 46.2. The third-order valence-corrected chi connectivity index (χ3v) is 14.4. The number of carbonyl (C=O) groups excluding carboxylic acids is 1. The van der Waals surface area contributed by atoms with Crippen LogP contribution in [0, 0.1) is 0 Å². The molecule has 1 saturated heterocycles. The lowest BCUT2D eigenvalue weighted by Crippen LogP contribution is -2.60. The first-order valence-electron chi connectivity index (χ1n) is 30.3. The predicted octanol–water partition coefficient (Wildman–Crippen LogP) is 15.3. The van der Waals surface area contributed by atoms with Gasteiger partial charge in [0, 0.05) is 6.42 Å². The summed E-state index contributed by atoms with van der Waals surface area (Å²) in [6, 6.07) is -0.722. The number of aliphatic hydroxyl groups is 5. The van der Waals surface area contributed by atoms with E-state index in [-0.39, 0.29) is 12.5 Å². The largest absolute Gasteiger partial charge is 0.394 e. The molecule has 9 heteroatoms. The minimum Gasteiger partial charge on any atom is -0.394 e. The van der Waals surface area contributed by atoms with Crippen LogP contribution in [-0.4, -0.2) is 87.5 Å². The number of allylic oxidation sites excluding steroid dienone is 8. The Balaban J connectivity index is 2.18. The number of unbranched alkanes of at least 4 members (excludes halogenated alkanes) is 34. The third kappa shape index (κ3) is 41.1. The topological polar surface area (TPSA) is 149 Å². The molecule has 0 aromatic heterocycles. The van der Waals surface area contributed by atoms with Gasteiger partial charge in [-0.15, -0.1) is 0 Å². The van der Waals surface area contributed by atoms with Crippen molar-refractivity contribution >= 4 is 5.91 Å². The van der Waals surface area contributed by atoms with Crippen LogP contribution in [0.15, 0.2) is 48.6 Å². The molecule has 1 heterocycles. The number of amides is 1. The Labute approximate surface area is 437 Å². The summed E-state index contributed by atoms with van der Waals surface area (Å²) >= 11 is 0. The minimum absolute atomic E-state index is 0.138. The predicted molar refractivity (Wildman–Crippen MR) is 299 cm³/mol. The SMILES string of the molecule is CC/C=C\C/C=C\C/C=C\C/C=C\CCCCCCCCCCCCCCC(=O)NC(COC1OC(CO)C(O)C(O)C1O)C(O)CCCCCCCCCCCCCCCCCCCCCCCCC. The van der Waals surface area contributed by atoms with Crippen molar-refractivity contribution in [3.05, 3.63) is 48.6 Å². The van der Waals surface area contributed by atoms with Gasteiger partial charge in [0.2, 0.25) is 5.91 Å². The van der Waals surface area contributed by atoms with Gasteiger partial charge in [-0.25, -0.2) is 0 Å². The number of carbonyl (C=O) groups is 1. The Kier molecular flexibility index (Phi) is 48.8. The van der Waals surface area contributed by atoms with Gasteiger partial charge in [-0.05, 0) is 51.4 Å². The number of hydrogen-bond donors (Lipinski definition) is 6. The molecule has 0 aliphatic carbocycles. The number of ether oxygens (including phenoxy) is 2. The zero-order chi connectivity index (χ0) is 51.5. The maximum atomic E-state index is 13.1. The second-order valence-electron chi connectivity index (χ2n) is 21.1. The van der Waals surface area contributed by atoms with Crippen LogP contribution in [0.3, 0.4) is 0 Å². The number of rotatable bonds is 52. The van der Waals surface area contributed by atoms with E-state index in [1.807, 2.05) is 0 Å². The molecule has 0 spiro atoms. The van der Waals surface area contributed by atoms with Crippen molar-refractivity contribution in [3.63, 3.8) is 0 Å². The molecule has 7 atom stereocenters. The van der Waals surface area contributed by atoms with Crippen molar-refractivity contribution in [3.8, 4) is 0 Å². The Morgan fingerprint density at radius 3 is 1.30 bits per heavy atom. The third-order valence-electron chi connectivity index (χ3n) is 14.4. The van der Waals surface area contributed by atoms with Gasteiger partial charge in [-0.1, -0.05) is 274 Å². The molecule has 0 bridgehead atoms. The highest BCUT2D eigenvalue weighted by atomic mass is 16.7. The normalized spacial score (nSPS) is 19.6. The van der Waals surface area contributed by atoms with Crippen LogP contribution in [0.25, 0.3) is 0 Å². The van der Waals surface area contributed by atoms with Gasteiger partial charge in [0.1, 0.15) is 24.4 Å². The van der Waals surface area contributed by atoms with Gasteiger partial charge in [0.05, 0.1) is 25.4 Å². The summed E-state index contributed by atoms with van der Waals surface area (Å²) in [6.07, 6.45) is 61.4. The van der Waals surface area contributed by atoms with E-state index >= 15 is 0 Å². The minimum atomic E-state index is -1.56. The van der Waals surface area contributed by atoms with E-state index in [1.54, 1.807) is 0 Å². The molecular weight excluding hydrogens is 887 g/mol. The molecule has 0 aromatic rings. The molecule has 7 unspecified atom stereocenters. The smallest absolute Gasteiger partial charge is 0.220 e. The first-order chi connectivity index (χ1) is 34.8. The van der Waals surface area contributed by atoms with Crippen molar-refractivity contribution < 1.29 is 39.8 Å². The van der Waals surface area contributed by atoms with E-state index in [1.165, 1.54) is 193 Å². The van der Waals surface area contributed by atoms with Crippen LogP contribution < -0.4 is 5.32 Å². The van der Waals surface area contributed by atoms with Gasteiger partial charge < -0.3 is 40.3 Å². The zero-order valence-corrected chi connectivity index (χ0v) is 46.2. The second kappa shape index (κ2) is 51.6. The van der Waals surface area contributed by atoms with E-state index in [2.05, 4.69) is 67.8 Å². The lowest BCUT2D eigenvalue weighted by atomic mass is 9.99. The summed E-state index contributed by atoms with van der Waals surface area (Å²) in [7, 11) is 0. The van der Waals surface area contributed by atoms with Gasteiger partial charge in [-0.2, -0.15) is 0 Å². The number of nitrogens with one attached hydrogen (secondary N) is 1. The summed E-state index contributed by atoms with van der Waals surface area (Å²) in [6.45, 7) is 3.76. The van der Waals surface area contributed by atoms with E-state index in [4.69, 9.17) is 9.47 Å². The molecule has 1 aliphatic rings. The van der Waals surface area contributed by atoms with Crippen LogP contribution in [0.4, 0.5) is 0 Å². The molecule has 0 aromatic carbocycles. The Morgan fingerprint density at radius 2 is 0.873 bits per heavy atom. The standard InChI is InChI=1S/C62H115NO8/c1-3-5-7-9-11-13-15-17-19-21-23-25-27-28-30-32-34-36-38-40-42-44-46-48-50-52-58(66)63-55(54-70-62-61(69)60(68)59(67)57(53-64)71-62)56(65)51-49-47-45-43-41-39-37-35-33-31-29-26-24-22-20-18-16-14-12-10-8-6-4-2/h5,7,11,13,17,19,23,25,55-57,59-62,64-65,67-69H,3-4,6,8-10,12,14-16,18,20-22,24,26-54H2,1-2H3,(H,63,66)/b7-5-,13-11-,19-17-,25-23-. The molecule has 416 valence electrons. The molecule has 9 nitrogen and oxygen atoms in total. The van der Waals surface area contributed by atoms with Crippen molar-refractivity contribution in [2.45, 2.75) is 326 Å². The van der Waals surface area contributed by atoms with Crippen LogP contribution >= 0.6 is 0 Å². The first kappa shape index (κ1) is 67.2. The molecule has 1 aliphatic heterocycles. The van der Waals surface area contributed by atoms with Crippen LogP contribution in [0.1, 0.15) is 284 Å². The fourth-order valence-electron chi connectivity index (χ4n) is 9.68. The van der Waals surface area contributed by atoms with Crippen molar-refractivity contribution in [1.82, 2.24) is 5.32 Å². The summed E-state index contributed by atoms with van der Waals surface area (Å²) in [5, 5.41) is 54.8. The van der Waals surface area contributed by atoms with Crippen LogP contribution in [-0.2, 0) is 14.3 Å². The van der Waals surface area contributed by atoms with E-state index in [0.29, 0.717) is 12.8 Å². The summed E-state index contributed by atoms with van der Waals surface area (Å²) in [5.74, 6) is -0.144. The van der Waals surface area contributed by atoms with E-state index < -0.39 is 49.5 Å². The van der Waals surface area contributed by atoms with E-state index in [0.717, 1.165) is 64.2 Å².